The fraction of sp³-hybridized carbons (Fsp3) is 0.250. The molecule has 2 aromatic rings. The van der Waals surface area contributed by atoms with Gasteiger partial charge >= 0.3 is 0 Å². The van der Waals surface area contributed by atoms with Gasteiger partial charge in [-0.05, 0) is 18.7 Å². The van der Waals surface area contributed by atoms with Crippen LogP contribution >= 0.6 is 0 Å². The lowest BCUT2D eigenvalue weighted by Crippen LogP contribution is -2.22. The monoisotopic (exact) mass is 255 g/mol. The summed E-state index contributed by atoms with van der Waals surface area (Å²) in [6.07, 6.45) is 0. The van der Waals surface area contributed by atoms with Crippen LogP contribution in [0, 0.1) is 0 Å². The molecule has 1 aliphatic heterocycles. The predicted molar refractivity (Wildman–Crippen MR) is 74.8 cm³/mol. The largest absolute Gasteiger partial charge is 0.486 e. The molecule has 0 saturated carbocycles. The van der Waals surface area contributed by atoms with Crippen LogP contribution in [0.1, 0.15) is 17.2 Å². The van der Waals surface area contributed by atoms with Crippen LogP contribution < -0.4 is 14.8 Å². The molecule has 1 unspecified atom stereocenters. The van der Waals surface area contributed by atoms with Crippen LogP contribution in [0.2, 0.25) is 0 Å². The van der Waals surface area contributed by atoms with Gasteiger partial charge in [0.2, 0.25) is 0 Å². The van der Waals surface area contributed by atoms with Gasteiger partial charge in [-0.2, -0.15) is 0 Å². The van der Waals surface area contributed by atoms with E-state index >= 15 is 0 Å². The summed E-state index contributed by atoms with van der Waals surface area (Å²) in [6, 6.07) is 16.5. The Bertz CT molecular complexity index is 554. The van der Waals surface area contributed by atoms with Crippen LogP contribution in [0.15, 0.2) is 48.5 Å². The summed E-state index contributed by atoms with van der Waals surface area (Å²) in [5.74, 6) is 1.69. The molecule has 0 saturated heterocycles. The highest BCUT2D eigenvalue weighted by molar-refractivity contribution is 5.51. The van der Waals surface area contributed by atoms with Crippen LogP contribution in [0.3, 0.4) is 0 Å². The number of nitrogens with one attached hydrogen (secondary N) is 1. The Labute approximate surface area is 113 Å². The van der Waals surface area contributed by atoms with E-state index in [4.69, 9.17) is 9.47 Å². The fourth-order valence-electron chi connectivity index (χ4n) is 2.47. The lowest BCUT2D eigenvalue weighted by molar-refractivity contribution is 0.169. The molecular formula is C16H17NO2. The van der Waals surface area contributed by atoms with Crippen LogP contribution in [-0.4, -0.2) is 20.3 Å². The van der Waals surface area contributed by atoms with Crippen molar-refractivity contribution in [2.24, 2.45) is 0 Å². The molecule has 3 rings (SSSR count). The first kappa shape index (κ1) is 12.1. The fourth-order valence-corrected chi connectivity index (χ4v) is 2.47. The zero-order chi connectivity index (χ0) is 13.1. The predicted octanol–water partition coefficient (Wildman–Crippen LogP) is 2.77. The van der Waals surface area contributed by atoms with Crippen molar-refractivity contribution in [2.75, 3.05) is 20.3 Å². The third-order valence-electron chi connectivity index (χ3n) is 3.33. The maximum absolute atomic E-state index is 5.79. The number of rotatable bonds is 3. The second-order valence-corrected chi connectivity index (χ2v) is 4.50. The van der Waals surface area contributed by atoms with Crippen molar-refractivity contribution in [1.29, 1.82) is 0 Å². The number of hydrogen-bond acceptors (Lipinski definition) is 3. The van der Waals surface area contributed by atoms with Gasteiger partial charge in [0, 0.05) is 5.56 Å². The van der Waals surface area contributed by atoms with E-state index < -0.39 is 0 Å². The molecule has 0 aromatic heterocycles. The minimum Gasteiger partial charge on any atom is -0.486 e. The molecule has 19 heavy (non-hydrogen) atoms. The normalized spacial score (nSPS) is 15.0. The number of ether oxygens (including phenoxy) is 2. The van der Waals surface area contributed by atoms with Crippen molar-refractivity contribution in [3.63, 3.8) is 0 Å². The van der Waals surface area contributed by atoms with Crippen LogP contribution in [0.4, 0.5) is 0 Å². The van der Waals surface area contributed by atoms with E-state index in [2.05, 4.69) is 23.5 Å². The first-order valence-electron chi connectivity index (χ1n) is 6.51. The van der Waals surface area contributed by atoms with Gasteiger partial charge in [0.1, 0.15) is 13.2 Å². The van der Waals surface area contributed by atoms with E-state index in [1.165, 1.54) is 5.56 Å². The Balaban J connectivity index is 2.05. The number of benzene rings is 2. The molecule has 2 aromatic carbocycles. The van der Waals surface area contributed by atoms with E-state index in [0.717, 1.165) is 17.1 Å². The van der Waals surface area contributed by atoms with Gasteiger partial charge in [0.05, 0.1) is 6.04 Å². The van der Waals surface area contributed by atoms with Crippen molar-refractivity contribution in [1.82, 2.24) is 5.32 Å². The maximum atomic E-state index is 5.79. The molecule has 1 aliphatic rings. The number of para-hydroxylation sites is 1. The lowest BCUT2D eigenvalue weighted by atomic mass is 9.97. The summed E-state index contributed by atoms with van der Waals surface area (Å²) in [7, 11) is 1.96. The summed E-state index contributed by atoms with van der Waals surface area (Å²) in [5, 5.41) is 3.35. The standard InChI is InChI=1S/C16H17NO2/c1-17-15(12-6-3-2-4-7-12)13-8-5-9-14-16(13)19-11-10-18-14/h2-9,15,17H,10-11H2,1H3. The second kappa shape index (κ2) is 5.33. The third kappa shape index (κ3) is 2.29. The van der Waals surface area contributed by atoms with Gasteiger partial charge in [0.15, 0.2) is 11.5 Å². The number of hydrogen-bond donors (Lipinski definition) is 1. The molecule has 98 valence electrons. The van der Waals surface area contributed by atoms with E-state index in [-0.39, 0.29) is 6.04 Å². The quantitative estimate of drug-likeness (QED) is 0.914. The Kier molecular flexibility index (Phi) is 3.38. The zero-order valence-corrected chi connectivity index (χ0v) is 10.9. The van der Waals surface area contributed by atoms with Gasteiger partial charge in [-0.3, -0.25) is 0 Å². The molecule has 0 aliphatic carbocycles. The van der Waals surface area contributed by atoms with Crippen molar-refractivity contribution in [2.45, 2.75) is 6.04 Å². The average Bonchev–Trinajstić information content (AvgIpc) is 2.49. The topological polar surface area (TPSA) is 30.5 Å². The first-order chi connectivity index (χ1) is 9.40. The highest BCUT2D eigenvalue weighted by Crippen LogP contribution is 2.38. The van der Waals surface area contributed by atoms with E-state index in [0.29, 0.717) is 13.2 Å². The summed E-state index contributed by atoms with van der Waals surface area (Å²) < 4.78 is 11.4. The molecule has 1 heterocycles. The van der Waals surface area contributed by atoms with Crippen molar-refractivity contribution in [3.8, 4) is 11.5 Å². The van der Waals surface area contributed by atoms with Crippen molar-refractivity contribution >= 4 is 0 Å². The minimum atomic E-state index is 0.109. The SMILES string of the molecule is CNC(c1ccccc1)c1cccc2c1OCCO2. The second-order valence-electron chi connectivity index (χ2n) is 4.50. The molecule has 0 radical (unpaired) electrons. The molecule has 0 amide bonds. The maximum Gasteiger partial charge on any atom is 0.166 e. The molecule has 0 spiro atoms. The molecular weight excluding hydrogens is 238 g/mol. The van der Waals surface area contributed by atoms with Gasteiger partial charge in [-0.25, -0.2) is 0 Å². The van der Waals surface area contributed by atoms with Crippen LogP contribution in [-0.2, 0) is 0 Å². The van der Waals surface area contributed by atoms with Crippen molar-refractivity contribution in [3.05, 3.63) is 59.7 Å². The Morgan fingerprint density at radius 2 is 1.74 bits per heavy atom. The van der Waals surface area contributed by atoms with Gasteiger partial charge < -0.3 is 14.8 Å². The zero-order valence-electron chi connectivity index (χ0n) is 10.9. The third-order valence-corrected chi connectivity index (χ3v) is 3.33. The molecule has 0 fully saturated rings. The summed E-state index contributed by atoms with van der Waals surface area (Å²) in [5.41, 5.74) is 2.33. The highest BCUT2D eigenvalue weighted by Gasteiger charge is 2.21. The number of fused-ring (bicyclic) bond motifs is 1. The molecule has 3 nitrogen and oxygen atoms in total. The smallest absolute Gasteiger partial charge is 0.166 e. The molecule has 0 bridgehead atoms. The van der Waals surface area contributed by atoms with E-state index in [1.54, 1.807) is 0 Å². The van der Waals surface area contributed by atoms with Gasteiger partial charge in [-0.1, -0.05) is 42.5 Å². The van der Waals surface area contributed by atoms with Gasteiger partial charge in [0.25, 0.3) is 0 Å². The summed E-state index contributed by atoms with van der Waals surface area (Å²) >= 11 is 0. The lowest BCUT2D eigenvalue weighted by Gasteiger charge is -2.25. The van der Waals surface area contributed by atoms with Crippen LogP contribution in [0.5, 0.6) is 11.5 Å². The highest BCUT2D eigenvalue weighted by atomic mass is 16.6. The Hall–Kier alpha value is -2.00. The van der Waals surface area contributed by atoms with E-state index in [1.807, 2.05) is 37.4 Å². The average molecular weight is 255 g/mol. The molecule has 1 atom stereocenters. The summed E-state index contributed by atoms with van der Waals surface area (Å²) in [4.78, 5) is 0. The molecule has 3 heteroatoms. The Morgan fingerprint density at radius 1 is 0.947 bits per heavy atom. The first-order valence-corrected chi connectivity index (χ1v) is 6.51. The Morgan fingerprint density at radius 3 is 2.53 bits per heavy atom. The summed E-state index contributed by atoms with van der Waals surface area (Å²) in [6.45, 7) is 1.22. The molecule has 1 N–H and O–H groups in total. The van der Waals surface area contributed by atoms with E-state index in [9.17, 15) is 0 Å². The van der Waals surface area contributed by atoms with Crippen LogP contribution in [0.25, 0.3) is 0 Å². The minimum absolute atomic E-state index is 0.109. The van der Waals surface area contributed by atoms with Gasteiger partial charge in [-0.15, -0.1) is 0 Å². The van der Waals surface area contributed by atoms with Crippen molar-refractivity contribution < 1.29 is 9.47 Å².